The van der Waals surface area contributed by atoms with Gasteiger partial charge in [-0.25, -0.2) is 23.6 Å². The summed E-state index contributed by atoms with van der Waals surface area (Å²) in [6.45, 7) is 1.60. The Morgan fingerprint density at radius 2 is 1.97 bits per heavy atom. The number of hydrazine groups is 1. The third-order valence-electron chi connectivity index (χ3n) is 4.59. The number of aromatic nitrogens is 2. The summed E-state index contributed by atoms with van der Waals surface area (Å²) in [5, 5.41) is 4.37. The molecule has 4 rings (SSSR count). The zero-order valence-corrected chi connectivity index (χ0v) is 16.1. The molecule has 3 aromatic rings. The van der Waals surface area contributed by atoms with Crippen LogP contribution in [-0.2, 0) is 11.3 Å². The van der Waals surface area contributed by atoms with Crippen LogP contribution >= 0.6 is 11.3 Å². The number of nitrogens with one attached hydrogen (secondary N) is 3. The molecule has 0 bridgehead atoms. The maximum absolute atomic E-state index is 13.7. The van der Waals surface area contributed by atoms with E-state index in [2.05, 4.69) is 16.2 Å². The maximum atomic E-state index is 13.7. The van der Waals surface area contributed by atoms with Gasteiger partial charge in [-0.05, 0) is 36.9 Å². The summed E-state index contributed by atoms with van der Waals surface area (Å²) in [7, 11) is 0. The van der Waals surface area contributed by atoms with Gasteiger partial charge in [0.05, 0.1) is 17.4 Å². The highest BCUT2D eigenvalue weighted by Crippen LogP contribution is 2.17. The Labute approximate surface area is 166 Å². The zero-order chi connectivity index (χ0) is 20.7. The van der Waals surface area contributed by atoms with Gasteiger partial charge in [-0.2, -0.15) is 0 Å². The Morgan fingerprint density at radius 1 is 1.24 bits per heavy atom. The van der Waals surface area contributed by atoms with Gasteiger partial charge >= 0.3 is 5.69 Å². The molecular formula is C18H17F2N5O3S. The van der Waals surface area contributed by atoms with Crippen molar-refractivity contribution in [3.63, 3.8) is 0 Å². The topological polar surface area (TPSA) is 97.2 Å². The summed E-state index contributed by atoms with van der Waals surface area (Å²) in [5.74, 6) is -2.28. The van der Waals surface area contributed by atoms with Crippen LogP contribution in [0.3, 0.4) is 0 Å². The fraction of sp³-hybridized carbons (Fsp3) is 0.278. The fourth-order valence-electron chi connectivity index (χ4n) is 3.33. The van der Waals surface area contributed by atoms with Crippen LogP contribution in [0.15, 0.2) is 39.2 Å². The molecule has 1 amide bonds. The summed E-state index contributed by atoms with van der Waals surface area (Å²) in [6.07, 6.45) is 0.366. The minimum absolute atomic E-state index is 0.177. The van der Waals surface area contributed by atoms with Crippen LogP contribution in [-0.4, -0.2) is 27.2 Å². The Morgan fingerprint density at radius 3 is 2.62 bits per heavy atom. The number of fused-ring (bicyclic) bond motifs is 1. The van der Waals surface area contributed by atoms with Gasteiger partial charge in [0, 0.05) is 12.1 Å². The van der Waals surface area contributed by atoms with E-state index in [1.54, 1.807) is 11.4 Å². The highest BCUT2D eigenvalue weighted by Gasteiger charge is 2.23. The lowest BCUT2D eigenvalue weighted by atomic mass is 10.2. The third kappa shape index (κ3) is 3.71. The Kier molecular flexibility index (Phi) is 5.03. The van der Waals surface area contributed by atoms with E-state index in [4.69, 9.17) is 0 Å². The van der Waals surface area contributed by atoms with E-state index in [9.17, 15) is 23.2 Å². The van der Waals surface area contributed by atoms with Gasteiger partial charge in [-0.1, -0.05) is 0 Å². The van der Waals surface area contributed by atoms with Crippen molar-refractivity contribution in [1.29, 1.82) is 0 Å². The average molecular weight is 421 g/mol. The second kappa shape index (κ2) is 7.50. The summed E-state index contributed by atoms with van der Waals surface area (Å²) in [5.41, 5.74) is 4.40. The van der Waals surface area contributed by atoms with E-state index in [0.717, 1.165) is 28.0 Å². The third-order valence-corrected chi connectivity index (χ3v) is 5.48. The molecule has 0 saturated carbocycles. The molecule has 2 atom stereocenters. The molecule has 29 heavy (non-hydrogen) atoms. The second-order valence-corrected chi connectivity index (χ2v) is 7.73. The molecule has 0 spiro atoms. The van der Waals surface area contributed by atoms with Crippen molar-refractivity contribution in [3.8, 4) is 5.69 Å². The molecule has 0 aliphatic carbocycles. The molecule has 1 aliphatic heterocycles. The molecular weight excluding hydrogens is 404 g/mol. The number of hydrogen-bond acceptors (Lipinski definition) is 6. The van der Waals surface area contributed by atoms with Crippen molar-refractivity contribution in [2.24, 2.45) is 0 Å². The highest BCUT2D eigenvalue weighted by molar-refractivity contribution is 7.17. The lowest BCUT2D eigenvalue weighted by Crippen LogP contribution is -2.47. The van der Waals surface area contributed by atoms with Crippen LogP contribution in [0.2, 0.25) is 0 Å². The second-order valence-electron chi connectivity index (χ2n) is 6.82. The van der Waals surface area contributed by atoms with Gasteiger partial charge in [0.1, 0.15) is 22.9 Å². The molecule has 2 aromatic heterocycles. The summed E-state index contributed by atoms with van der Waals surface area (Å²) >= 11 is 1.08. The molecule has 1 saturated heterocycles. The number of carbonyl (C=O) groups excluding carboxylic acids is 1. The quantitative estimate of drug-likeness (QED) is 0.580. The van der Waals surface area contributed by atoms with Crippen molar-refractivity contribution in [2.75, 3.05) is 0 Å². The van der Waals surface area contributed by atoms with Gasteiger partial charge < -0.3 is 5.32 Å². The number of thiophene rings is 1. The average Bonchev–Trinajstić information content (AvgIpc) is 3.27. The van der Waals surface area contributed by atoms with Gasteiger partial charge in [0.25, 0.3) is 5.56 Å². The molecule has 8 nitrogen and oxygen atoms in total. The van der Waals surface area contributed by atoms with Gasteiger partial charge in [0.2, 0.25) is 5.91 Å². The predicted molar refractivity (Wildman–Crippen MR) is 104 cm³/mol. The summed E-state index contributed by atoms with van der Waals surface area (Å²) in [4.78, 5) is 38.3. The largest absolute Gasteiger partial charge is 0.338 e. The first-order chi connectivity index (χ1) is 13.8. The van der Waals surface area contributed by atoms with Crippen LogP contribution in [0.1, 0.15) is 13.3 Å². The molecule has 0 radical (unpaired) electrons. The van der Waals surface area contributed by atoms with Gasteiger partial charge in [-0.15, -0.1) is 11.3 Å². The molecule has 152 valence electrons. The van der Waals surface area contributed by atoms with Crippen LogP contribution in [0.4, 0.5) is 8.78 Å². The predicted octanol–water partition coefficient (Wildman–Crippen LogP) is 0.821. The SMILES string of the molecule is CC1CC(NC(=O)Cn2c(=O)n(-c3cc(F)cc(F)c3)c(=O)c3sccc32)NN1. The van der Waals surface area contributed by atoms with Crippen molar-refractivity contribution in [2.45, 2.75) is 32.1 Å². The smallest absolute Gasteiger partial charge is 0.336 e. The van der Waals surface area contributed by atoms with E-state index in [1.807, 2.05) is 6.92 Å². The zero-order valence-electron chi connectivity index (χ0n) is 15.2. The lowest BCUT2D eigenvalue weighted by Gasteiger charge is -2.15. The van der Waals surface area contributed by atoms with Crippen LogP contribution in [0.25, 0.3) is 15.9 Å². The molecule has 1 aliphatic rings. The molecule has 3 N–H and O–H groups in total. The minimum atomic E-state index is -0.921. The number of hydrogen-bond donors (Lipinski definition) is 3. The molecule has 11 heteroatoms. The molecule has 2 unspecified atom stereocenters. The van der Waals surface area contributed by atoms with Crippen molar-refractivity contribution >= 4 is 27.5 Å². The van der Waals surface area contributed by atoms with E-state index < -0.39 is 28.8 Å². The molecule has 1 fully saturated rings. The number of benzene rings is 1. The summed E-state index contributed by atoms with van der Waals surface area (Å²) in [6, 6.07) is 4.17. The van der Waals surface area contributed by atoms with Crippen molar-refractivity contribution < 1.29 is 13.6 Å². The number of amides is 1. The van der Waals surface area contributed by atoms with Crippen molar-refractivity contribution in [1.82, 2.24) is 25.3 Å². The Balaban J connectivity index is 1.78. The van der Waals surface area contributed by atoms with E-state index in [1.165, 1.54) is 0 Å². The van der Waals surface area contributed by atoms with Crippen LogP contribution < -0.4 is 27.4 Å². The normalized spacial score (nSPS) is 19.0. The fourth-order valence-corrected chi connectivity index (χ4v) is 4.15. The monoisotopic (exact) mass is 421 g/mol. The Hall–Kier alpha value is -2.89. The Bertz CT molecular complexity index is 1200. The maximum Gasteiger partial charge on any atom is 0.336 e. The highest BCUT2D eigenvalue weighted by atomic mass is 32.1. The first-order valence-corrected chi connectivity index (χ1v) is 9.71. The summed E-state index contributed by atoms with van der Waals surface area (Å²) < 4.78 is 29.3. The van der Waals surface area contributed by atoms with E-state index >= 15 is 0 Å². The first-order valence-electron chi connectivity index (χ1n) is 8.83. The minimum Gasteiger partial charge on any atom is -0.338 e. The van der Waals surface area contributed by atoms with Gasteiger partial charge in [-0.3, -0.25) is 19.6 Å². The van der Waals surface area contributed by atoms with Crippen LogP contribution in [0.5, 0.6) is 0 Å². The standard InChI is InChI=1S/C18H17F2N5O3S/c1-9-4-14(23-22-9)21-15(26)8-24-13-2-3-29-16(13)17(27)25(18(24)28)12-6-10(19)5-11(20)7-12/h2-3,5-7,9,14,22-23H,4,8H2,1H3,(H,21,26). The number of carbonyl (C=O) groups is 1. The van der Waals surface area contributed by atoms with E-state index in [0.29, 0.717) is 22.6 Å². The number of nitrogens with zero attached hydrogens (tertiary/aromatic N) is 2. The lowest BCUT2D eigenvalue weighted by molar-refractivity contribution is -0.122. The first kappa shape index (κ1) is 19.4. The van der Waals surface area contributed by atoms with Crippen molar-refractivity contribution in [3.05, 3.63) is 62.1 Å². The van der Waals surface area contributed by atoms with Crippen LogP contribution in [0, 0.1) is 11.6 Å². The van der Waals surface area contributed by atoms with Gasteiger partial charge in [0.15, 0.2) is 0 Å². The molecule has 3 heterocycles. The van der Waals surface area contributed by atoms with E-state index in [-0.39, 0.29) is 29.1 Å². The number of halogens is 2. The molecule has 1 aromatic carbocycles. The number of rotatable bonds is 4.